The first-order valence-corrected chi connectivity index (χ1v) is 7.53. The zero-order valence-corrected chi connectivity index (χ0v) is 12.7. The number of hydrogen-bond donors (Lipinski definition) is 1. The van der Waals surface area contributed by atoms with E-state index in [1.165, 1.54) is 11.3 Å². The summed E-state index contributed by atoms with van der Waals surface area (Å²) in [6, 6.07) is 9.56. The number of aromatic amines is 1. The van der Waals surface area contributed by atoms with E-state index in [9.17, 15) is 4.79 Å². The summed E-state index contributed by atoms with van der Waals surface area (Å²) >= 11 is 3.60. The number of rotatable bonds is 3. The van der Waals surface area contributed by atoms with Crippen LogP contribution in [0.2, 0.25) is 0 Å². The van der Waals surface area contributed by atoms with E-state index < -0.39 is 0 Å². The van der Waals surface area contributed by atoms with E-state index in [0.717, 1.165) is 14.8 Å². The van der Waals surface area contributed by atoms with E-state index >= 15 is 0 Å². The first-order valence-electron chi connectivity index (χ1n) is 5.58. The first kappa shape index (κ1) is 12.6. The Bertz CT molecular complexity index is 781. The lowest BCUT2D eigenvalue weighted by Gasteiger charge is -2.07. The zero-order valence-electron chi connectivity index (χ0n) is 9.72. The summed E-state index contributed by atoms with van der Waals surface area (Å²) in [5, 5.41) is 1.86. The molecule has 6 heteroatoms. The average Bonchev–Trinajstić information content (AvgIpc) is 2.87. The van der Waals surface area contributed by atoms with Crippen LogP contribution < -0.4 is 10.3 Å². The third-order valence-corrected chi connectivity index (χ3v) is 4.36. The summed E-state index contributed by atoms with van der Waals surface area (Å²) in [6.07, 6.45) is 0. The molecule has 0 unspecified atom stereocenters. The minimum atomic E-state index is -0.110. The Balaban J connectivity index is 1.86. The fourth-order valence-electron chi connectivity index (χ4n) is 1.70. The van der Waals surface area contributed by atoms with Gasteiger partial charge in [0.15, 0.2) is 0 Å². The van der Waals surface area contributed by atoms with Crippen LogP contribution in [0.1, 0.15) is 5.82 Å². The van der Waals surface area contributed by atoms with Crippen LogP contribution in [0, 0.1) is 3.57 Å². The highest BCUT2D eigenvalue weighted by Gasteiger charge is 2.06. The fourth-order valence-corrected chi connectivity index (χ4v) is 2.97. The second-order valence-electron chi connectivity index (χ2n) is 3.87. The normalized spacial score (nSPS) is 10.8. The van der Waals surface area contributed by atoms with Gasteiger partial charge in [-0.15, -0.1) is 11.3 Å². The number of benzene rings is 1. The third kappa shape index (κ3) is 2.64. The number of hydrogen-bond acceptors (Lipinski definition) is 4. The van der Waals surface area contributed by atoms with Gasteiger partial charge in [0.25, 0.3) is 5.56 Å². The molecule has 2 heterocycles. The highest BCUT2D eigenvalue weighted by molar-refractivity contribution is 14.1. The number of thiophene rings is 1. The smallest absolute Gasteiger partial charge is 0.268 e. The topological polar surface area (TPSA) is 55.0 Å². The molecule has 0 fully saturated rings. The minimum absolute atomic E-state index is 0.110. The fraction of sp³-hybridized carbons (Fsp3) is 0.0769. The van der Waals surface area contributed by atoms with Crippen molar-refractivity contribution in [1.29, 1.82) is 0 Å². The van der Waals surface area contributed by atoms with Crippen LogP contribution in [0.3, 0.4) is 0 Å². The number of para-hydroxylation sites is 1. The second-order valence-corrected chi connectivity index (χ2v) is 5.94. The number of H-pyrrole nitrogens is 1. The maximum absolute atomic E-state index is 11.8. The van der Waals surface area contributed by atoms with Gasteiger partial charge in [-0.3, -0.25) is 4.79 Å². The summed E-state index contributed by atoms with van der Waals surface area (Å²) in [5.74, 6) is 1.33. The van der Waals surface area contributed by atoms with Crippen LogP contribution in [-0.2, 0) is 6.61 Å². The third-order valence-electron chi connectivity index (χ3n) is 2.56. The van der Waals surface area contributed by atoms with Gasteiger partial charge in [0, 0.05) is 0 Å². The molecule has 0 aliphatic carbocycles. The molecule has 0 saturated heterocycles. The van der Waals surface area contributed by atoms with Crippen LogP contribution in [0.15, 0.2) is 40.5 Å². The molecule has 3 aromatic rings. The van der Waals surface area contributed by atoms with Gasteiger partial charge < -0.3 is 9.72 Å². The lowest BCUT2D eigenvalue weighted by molar-refractivity contribution is 0.294. The molecule has 1 aromatic carbocycles. The molecule has 4 nitrogen and oxygen atoms in total. The maximum atomic E-state index is 11.8. The summed E-state index contributed by atoms with van der Waals surface area (Å²) in [7, 11) is 0. The Hall–Kier alpha value is -1.41. The predicted molar refractivity (Wildman–Crippen MR) is 83.7 cm³/mol. The molecular formula is C13H9IN2O2S. The van der Waals surface area contributed by atoms with Crippen molar-refractivity contribution in [3.63, 3.8) is 0 Å². The van der Waals surface area contributed by atoms with E-state index in [4.69, 9.17) is 4.74 Å². The van der Waals surface area contributed by atoms with Crippen LogP contribution in [0.5, 0.6) is 5.75 Å². The van der Waals surface area contributed by atoms with Crippen molar-refractivity contribution in [2.24, 2.45) is 0 Å². The number of halogens is 1. The van der Waals surface area contributed by atoms with Gasteiger partial charge in [-0.2, -0.15) is 0 Å². The Kier molecular flexibility index (Phi) is 3.52. The molecule has 0 saturated carbocycles. The molecule has 0 bridgehead atoms. The maximum Gasteiger partial charge on any atom is 0.268 e. The Morgan fingerprint density at radius 2 is 2.16 bits per heavy atom. The van der Waals surface area contributed by atoms with Crippen LogP contribution in [0.25, 0.3) is 10.2 Å². The quantitative estimate of drug-likeness (QED) is 0.706. The van der Waals surface area contributed by atoms with Crippen molar-refractivity contribution >= 4 is 44.1 Å². The molecule has 0 aliphatic rings. The largest absolute Gasteiger partial charge is 0.485 e. The van der Waals surface area contributed by atoms with E-state index in [0.29, 0.717) is 10.5 Å². The Morgan fingerprint density at radius 1 is 1.32 bits per heavy atom. The van der Waals surface area contributed by atoms with E-state index in [-0.39, 0.29) is 12.2 Å². The number of fused-ring (bicyclic) bond motifs is 1. The Labute approximate surface area is 126 Å². The molecule has 0 aliphatic heterocycles. The molecule has 0 atom stereocenters. The lowest BCUT2D eigenvalue weighted by atomic mass is 10.3. The van der Waals surface area contributed by atoms with Gasteiger partial charge in [-0.1, -0.05) is 12.1 Å². The standard InChI is InChI=1S/C13H9IN2O2S/c14-8-3-1-2-4-10(8)18-7-11-15-9-5-6-19-12(9)13(17)16-11/h1-6H,7H2,(H,15,16,17). The first-order chi connectivity index (χ1) is 9.24. The molecule has 0 radical (unpaired) electrons. The average molecular weight is 384 g/mol. The molecule has 2 aromatic heterocycles. The number of nitrogens with zero attached hydrogens (tertiary/aromatic N) is 1. The van der Waals surface area contributed by atoms with Gasteiger partial charge in [-0.25, -0.2) is 4.98 Å². The molecule has 96 valence electrons. The molecule has 0 amide bonds. The van der Waals surface area contributed by atoms with Gasteiger partial charge >= 0.3 is 0 Å². The summed E-state index contributed by atoms with van der Waals surface area (Å²) in [5.41, 5.74) is 0.608. The SMILES string of the molecule is O=c1[nH]c(COc2ccccc2I)nc2ccsc12. The van der Waals surface area contributed by atoms with Crippen LogP contribution >= 0.6 is 33.9 Å². The van der Waals surface area contributed by atoms with Gasteiger partial charge in [0.2, 0.25) is 0 Å². The van der Waals surface area contributed by atoms with Crippen molar-refractivity contribution < 1.29 is 4.74 Å². The van der Waals surface area contributed by atoms with Crippen molar-refractivity contribution in [2.75, 3.05) is 0 Å². The van der Waals surface area contributed by atoms with Crippen molar-refractivity contribution in [3.05, 3.63) is 55.5 Å². The van der Waals surface area contributed by atoms with E-state index in [1.807, 2.05) is 35.7 Å². The lowest BCUT2D eigenvalue weighted by Crippen LogP contribution is -2.12. The highest BCUT2D eigenvalue weighted by atomic mass is 127. The summed E-state index contributed by atoms with van der Waals surface area (Å²) in [4.78, 5) is 18.9. The zero-order chi connectivity index (χ0) is 13.2. The number of ether oxygens (including phenoxy) is 1. The molecule has 19 heavy (non-hydrogen) atoms. The molecule has 1 N–H and O–H groups in total. The predicted octanol–water partition coefficient (Wildman–Crippen LogP) is 3.17. The number of aromatic nitrogens is 2. The van der Waals surface area contributed by atoms with Crippen LogP contribution in [0.4, 0.5) is 0 Å². The summed E-state index contributed by atoms with van der Waals surface area (Å²) < 4.78 is 7.34. The minimum Gasteiger partial charge on any atom is -0.485 e. The second kappa shape index (κ2) is 5.30. The monoisotopic (exact) mass is 384 g/mol. The number of nitrogens with one attached hydrogen (secondary N) is 1. The van der Waals surface area contributed by atoms with Crippen LogP contribution in [-0.4, -0.2) is 9.97 Å². The van der Waals surface area contributed by atoms with Gasteiger partial charge in [0.1, 0.15) is 22.9 Å². The van der Waals surface area contributed by atoms with Crippen molar-refractivity contribution in [3.8, 4) is 5.75 Å². The van der Waals surface area contributed by atoms with E-state index in [2.05, 4.69) is 32.6 Å². The molecular weight excluding hydrogens is 375 g/mol. The summed E-state index contributed by atoms with van der Waals surface area (Å²) in [6.45, 7) is 0.251. The van der Waals surface area contributed by atoms with E-state index in [1.54, 1.807) is 0 Å². The van der Waals surface area contributed by atoms with Gasteiger partial charge in [-0.05, 0) is 46.2 Å². The highest BCUT2D eigenvalue weighted by Crippen LogP contribution is 2.20. The van der Waals surface area contributed by atoms with Gasteiger partial charge in [0.05, 0.1) is 9.09 Å². The molecule has 3 rings (SSSR count). The van der Waals surface area contributed by atoms with Crippen molar-refractivity contribution in [2.45, 2.75) is 6.61 Å². The Morgan fingerprint density at radius 3 is 3.00 bits per heavy atom. The van der Waals surface area contributed by atoms with Crippen molar-refractivity contribution in [1.82, 2.24) is 9.97 Å². The molecule has 0 spiro atoms.